The van der Waals surface area contributed by atoms with Crippen LogP contribution in [0.1, 0.15) is 18.5 Å². The summed E-state index contributed by atoms with van der Waals surface area (Å²) in [4.78, 5) is 0. The van der Waals surface area contributed by atoms with Gasteiger partial charge in [-0.25, -0.2) is 13.2 Å². The summed E-state index contributed by atoms with van der Waals surface area (Å²) < 4.78 is 45.1. The monoisotopic (exact) mass is 336 g/mol. The fourth-order valence-electron chi connectivity index (χ4n) is 2.37. The van der Waals surface area contributed by atoms with Crippen molar-refractivity contribution in [1.82, 2.24) is 20.0 Å². The van der Waals surface area contributed by atoms with E-state index in [0.717, 1.165) is 5.56 Å². The second-order valence-corrected chi connectivity index (χ2v) is 5.23. The summed E-state index contributed by atoms with van der Waals surface area (Å²) in [7, 11) is 0. The SMILES string of the molecule is CC(c1cc(F)ccc1OCC(F)F)n1ccc(-c2cn[nH]c2)n1. The van der Waals surface area contributed by atoms with Gasteiger partial charge in [-0.15, -0.1) is 0 Å². The molecule has 0 fully saturated rings. The first kappa shape index (κ1) is 16.1. The van der Waals surface area contributed by atoms with Gasteiger partial charge in [0, 0.05) is 23.5 Å². The molecule has 1 N–H and O–H groups in total. The van der Waals surface area contributed by atoms with Crippen LogP contribution in [0.5, 0.6) is 5.75 Å². The zero-order valence-corrected chi connectivity index (χ0v) is 12.8. The summed E-state index contributed by atoms with van der Waals surface area (Å²) in [6, 6.07) is 5.19. The van der Waals surface area contributed by atoms with E-state index in [2.05, 4.69) is 15.3 Å². The van der Waals surface area contributed by atoms with E-state index >= 15 is 0 Å². The molecule has 0 amide bonds. The van der Waals surface area contributed by atoms with Gasteiger partial charge in [0.1, 0.15) is 18.2 Å². The van der Waals surface area contributed by atoms with E-state index in [-0.39, 0.29) is 5.75 Å². The van der Waals surface area contributed by atoms with Crippen LogP contribution >= 0.6 is 0 Å². The molecule has 0 aliphatic heterocycles. The lowest BCUT2D eigenvalue weighted by Gasteiger charge is -2.17. The van der Waals surface area contributed by atoms with Gasteiger partial charge in [0.2, 0.25) is 0 Å². The Labute approximate surface area is 136 Å². The van der Waals surface area contributed by atoms with Crippen molar-refractivity contribution in [3.63, 3.8) is 0 Å². The van der Waals surface area contributed by atoms with E-state index in [9.17, 15) is 13.2 Å². The summed E-state index contributed by atoms with van der Waals surface area (Å²) in [6.45, 7) is 1.04. The highest BCUT2D eigenvalue weighted by molar-refractivity contribution is 5.55. The number of rotatable bonds is 6. The van der Waals surface area contributed by atoms with Crippen LogP contribution in [-0.2, 0) is 0 Å². The molecule has 5 nitrogen and oxygen atoms in total. The third kappa shape index (κ3) is 3.42. The molecule has 0 radical (unpaired) electrons. The van der Waals surface area contributed by atoms with Crippen LogP contribution in [0.4, 0.5) is 13.2 Å². The van der Waals surface area contributed by atoms with Crippen molar-refractivity contribution in [2.24, 2.45) is 0 Å². The molecule has 1 aromatic carbocycles. The number of hydrogen-bond donors (Lipinski definition) is 1. The van der Waals surface area contributed by atoms with Crippen LogP contribution in [0.25, 0.3) is 11.3 Å². The van der Waals surface area contributed by atoms with Crippen molar-refractivity contribution in [2.45, 2.75) is 19.4 Å². The predicted molar refractivity (Wildman–Crippen MR) is 81.5 cm³/mol. The maximum atomic E-state index is 13.6. The van der Waals surface area contributed by atoms with Crippen LogP contribution in [0, 0.1) is 5.82 Å². The Balaban J connectivity index is 1.89. The quantitative estimate of drug-likeness (QED) is 0.747. The van der Waals surface area contributed by atoms with Gasteiger partial charge in [-0.05, 0) is 31.2 Å². The average Bonchev–Trinajstić information content (AvgIpc) is 3.23. The molecule has 0 aliphatic rings. The fraction of sp³-hybridized carbons (Fsp3) is 0.250. The number of aromatic amines is 1. The van der Waals surface area contributed by atoms with Gasteiger partial charge in [-0.3, -0.25) is 9.78 Å². The number of H-pyrrole nitrogens is 1. The zero-order chi connectivity index (χ0) is 17.1. The highest BCUT2D eigenvalue weighted by atomic mass is 19.3. The summed E-state index contributed by atoms with van der Waals surface area (Å²) in [5.41, 5.74) is 1.95. The van der Waals surface area contributed by atoms with E-state index in [1.54, 1.807) is 36.3 Å². The minimum atomic E-state index is -2.60. The number of hydrogen-bond acceptors (Lipinski definition) is 3. The number of halogens is 3. The van der Waals surface area contributed by atoms with Crippen LogP contribution in [0.2, 0.25) is 0 Å². The Kier molecular flexibility index (Phi) is 4.54. The summed E-state index contributed by atoms with van der Waals surface area (Å²) >= 11 is 0. The third-order valence-electron chi connectivity index (χ3n) is 3.59. The minimum absolute atomic E-state index is 0.213. The largest absolute Gasteiger partial charge is 0.487 e. The molecule has 1 atom stereocenters. The van der Waals surface area contributed by atoms with Gasteiger partial charge < -0.3 is 4.74 Å². The molecule has 0 spiro atoms. The van der Waals surface area contributed by atoms with Crippen molar-refractivity contribution in [1.29, 1.82) is 0 Å². The van der Waals surface area contributed by atoms with Gasteiger partial charge in [-0.1, -0.05) is 0 Å². The molecular weight excluding hydrogens is 321 g/mol. The topological polar surface area (TPSA) is 55.7 Å². The first-order chi connectivity index (χ1) is 11.5. The van der Waals surface area contributed by atoms with Crippen molar-refractivity contribution >= 4 is 0 Å². The van der Waals surface area contributed by atoms with E-state index in [4.69, 9.17) is 4.74 Å². The zero-order valence-electron chi connectivity index (χ0n) is 12.8. The lowest BCUT2D eigenvalue weighted by Crippen LogP contribution is -2.13. The molecule has 0 aliphatic carbocycles. The van der Waals surface area contributed by atoms with Gasteiger partial charge in [0.05, 0.1) is 17.9 Å². The Morgan fingerprint density at radius 3 is 2.83 bits per heavy atom. The summed E-state index contributed by atoms with van der Waals surface area (Å²) in [5, 5.41) is 11.0. The molecule has 3 aromatic rings. The van der Waals surface area contributed by atoms with Crippen molar-refractivity contribution in [3.05, 3.63) is 54.2 Å². The second kappa shape index (κ2) is 6.77. The standard InChI is InChI=1S/C16H15F3N4O/c1-10(23-5-4-14(22-23)11-7-20-21-8-11)13-6-12(17)2-3-15(13)24-9-16(18)19/h2-8,10,16H,9H2,1H3,(H,20,21). The first-order valence-electron chi connectivity index (χ1n) is 7.29. The smallest absolute Gasteiger partial charge is 0.272 e. The van der Waals surface area contributed by atoms with Gasteiger partial charge in [0.15, 0.2) is 0 Å². The fourth-order valence-corrected chi connectivity index (χ4v) is 2.37. The number of benzene rings is 1. The Morgan fingerprint density at radius 2 is 2.12 bits per heavy atom. The van der Waals surface area contributed by atoms with Crippen molar-refractivity contribution in [2.75, 3.05) is 6.61 Å². The Morgan fingerprint density at radius 1 is 1.29 bits per heavy atom. The summed E-state index contributed by atoms with van der Waals surface area (Å²) in [5.74, 6) is -0.256. The maximum Gasteiger partial charge on any atom is 0.272 e. The van der Waals surface area contributed by atoms with Gasteiger partial charge >= 0.3 is 0 Å². The number of alkyl halides is 2. The highest BCUT2D eigenvalue weighted by Crippen LogP contribution is 2.29. The Bertz CT molecular complexity index is 802. The summed E-state index contributed by atoms with van der Waals surface area (Å²) in [6.07, 6.45) is 2.47. The van der Waals surface area contributed by atoms with Crippen LogP contribution in [0.3, 0.4) is 0 Å². The highest BCUT2D eigenvalue weighted by Gasteiger charge is 2.17. The number of nitrogens with one attached hydrogen (secondary N) is 1. The van der Waals surface area contributed by atoms with Crippen LogP contribution < -0.4 is 4.74 Å². The van der Waals surface area contributed by atoms with Crippen LogP contribution in [0.15, 0.2) is 42.9 Å². The molecule has 0 saturated heterocycles. The molecule has 8 heteroatoms. The molecular formula is C16H15F3N4O. The van der Waals surface area contributed by atoms with E-state index < -0.39 is 24.9 Å². The van der Waals surface area contributed by atoms with Crippen LogP contribution in [-0.4, -0.2) is 33.0 Å². The number of nitrogens with zero attached hydrogens (tertiary/aromatic N) is 3. The molecule has 0 bridgehead atoms. The second-order valence-electron chi connectivity index (χ2n) is 5.23. The van der Waals surface area contributed by atoms with Gasteiger partial charge in [0.25, 0.3) is 6.43 Å². The minimum Gasteiger partial charge on any atom is -0.487 e. The van der Waals surface area contributed by atoms with Crippen molar-refractivity contribution in [3.8, 4) is 17.0 Å². The van der Waals surface area contributed by atoms with Crippen molar-refractivity contribution < 1.29 is 17.9 Å². The molecule has 126 valence electrons. The normalized spacial score (nSPS) is 12.5. The predicted octanol–water partition coefficient (Wildman–Crippen LogP) is 3.67. The molecule has 2 heterocycles. The third-order valence-corrected chi connectivity index (χ3v) is 3.59. The molecule has 3 rings (SSSR count). The lowest BCUT2D eigenvalue weighted by atomic mass is 10.1. The van der Waals surface area contributed by atoms with E-state index in [1.807, 2.05) is 0 Å². The Hall–Kier alpha value is -2.77. The average molecular weight is 336 g/mol. The molecule has 1 unspecified atom stereocenters. The van der Waals surface area contributed by atoms with E-state index in [0.29, 0.717) is 11.3 Å². The molecule has 2 aromatic heterocycles. The molecule has 0 saturated carbocycles. The lowest BCUT2D eigenvalue weighted by molar-refractivity contribution is 0.0811. The molecule has 24 heavy (non-hydrogen) atoms. The van der Waals surface area contributed by atoms with Gasteiger partial charge in [-0.2, -0.15) is 10.2 Å². The first-order valence-corrected chi connectivity index (χ1v) is 7.29. The number of ether oxygens (including phenoxy) is 1. The maximum absolute atomic E-state index is 13.6. The van der Waals surface area contributed by atoms with E-state index in [1.165, 1.54) is 18.2 Å². The number of aromatic nitrogens is 4.